The van der Waals surface area contributed by atoms with Gasteiger partial charge in [0.1, 0.15) is 11.6 Å². The van der Waals surface area contributed by atoms with Gasteiger partial charge in [0, 0.05) is 10.9 Å². The highest BCUT2D eigenvalue weighted by atomic mass is 35.5. The second-order valence-corrected chi connectivity index (χ2v) is 8.60. The molecule has 0 bridgehead atoms. The fourth-order valence-electron chi connectivity index (χ4n) is 4.19. The maximum absolute atomic E-state index is 12.8. The summed E-state index contributed by atoms with van der Waals surface area (Å²) in [7, 11) is 0. The molecule has 4 rings (SSSR count). The number of anilines is 2. The first kappa shape index (κ1) is 30.7. The Kier molecular flexibility index (Phi) is 10.4. The zero-order valence-corrected chi connectivity index (χ0v) is 21.9. The SMILES string of the molecule is Cc1ccc2nc(NC(=O)c3ccc(OC(F)(F)F)cc3)nc(N[C@H]3CCCC[C@H]3N=C(N)N)c2c1.Cl.Cl. The molecular weight excluding hydrogens is 546 g/mol. The van der Waals surface area contributed by atoms with Gasteiger partial charge in [0.15, 0.2) is 5.96 Å². The summed E-state index contributed by atoms with van der Waals surface area (Å²) in [4.78, 5) is 26.1. The molecule has 6 N–H and O–H groups in total. The Morgan fingerprint density at radius 2 is 1.74 bits per heavy atom. The smallest absolute Gasteiger partial charge is 0.406 e. The highest BCUT2D eigenvalue weighted by Gasteiger charge is 2.31. The van der Waals surface area contributed by atoms with E-state index in [9.17, 15) is 18.0 Å². The van der Waals surface area contributed by atoms with Crippen LogP contribution in [0.4, 0.5) is 24.9 Å². The molecule has 3 aromatic rings. The van der Waals surface area contributed by atoms with Gasteiger partial charge in [-0.1, -0.05) is 24.5 Å². The number of carbonyl (C=O) groups excluding carboxylic acids is 1. The van der Waals surface area contributed by atoms with Crippen molar-refractivity contribution < 1.29 is 22.7 Å². The molecule has 1 fully saturated rings. The lowest BCUT2D eigenvalue weighted by Crippen LogP contribution is -2.38. The first-order valence-electron chi connectivity index (χ1n) is 11.4. The van der Waals surface area contributed by atoms with E-state index in [4.69, 9.17) is 11.5 Å². The Morgan fingerprint density at radius 1 is 1.05 bits per heavy atom. The lowest BCUT2D eigenvalue weighted by molar-refractivity contribution is -0.274. The predicted octanol–water partition coefficient (Wildman–Crippen LogP) is 4.93. The van der Waals surface area contributed by atoms with Crippen LogP contribution >= 0.6 is 24.8 Å². The number of carbonyl (C=O) groups is 1. The number of aliphatic imine (C=N–C) groups is 1. The summed E-state index contributed by atoms with van der Waals surface area (Å²) in [6.45, 7) is 1.95. The Labute approximate surface area is 229 Å². The van der Waals surface area contributed by atoms with Crippen LogP contribution in [0, 0.1) is 6.92 Å². The van der Waals surface area contributed by atoms with Crippen molar-refractivity contribution in [2.45, 2.75) is 51.1 Å². The van der Waals surface area contributed by atoms with Crippen molar-refractivity contribution in [2.24, 2.45) is 16.5 Å². The van der Waals surface area contributed by atoms with Crippen LogP contribution in [0.2, 0.25) is 0 Å². The molecule has 1 amide bonds. The number of hydrogen-bond donors (Lipinski definition) is 4. The third kappa shape index (κ3) is 7.99. The number of nitrogens with zero attached hydrogens (tertiary/aromatic N) is 3. The van der Waals surface area contributed by atoms with Crippen LogP contribution in [0.25, 0.3) is 10.9 Å². The Bertz CT molecular complexity index is 1290. The summed E-state index contributed by atoms with van der Waals surface area (Å²) in [5.41, 5.74) is 13.0. The second-order valence-electron chi connectivity index (χ2n) is 8.60. The summed E-state index contributed by atoms with van der Waals surface area (Å²) < 4.78 is 41.0. The van der Waals surface area contributed by atoms with E-state index in [1.807, 2.05) is 25.1 Å². The van der Waals surface area contributed by atoms with Crippen LogP contribution in [0.15, 0.2) is 47.5 Å². The number of benzene rings is 2. The minimum atomic E-state index is -4.82. The molecule has 2 atom stereocenters. The van der Waals surface area contributed by atoms with Gasteiger partial charge in [-0.3, -0.25) is 10.1 Å². The topological polar surface area (TPSA) is 141 Å². The molecule has 0 unspecified atom stereocenters. The van der Waals surface area contributed by atoms with Crippen molar-refractivity contribution in [2.75, 3.05) is 10.6 Å². The first-order valence-corrected chi connectivity index (χ1v) is 11.4. The highest BCUT2D eigenvalue weighted by Crippen LogP contribution is 2.29. The molecule has 9 nitrogen and oxygen atoms in total. The number of halogens is 5. The normalized spacial score (nSPS) is 16.9. The van der Waals surface area contributed by atoms with E-state index < -0.39 is 18.0 Å². The summed E-state index contributed by atoms with van der Waals surface area (Å²) >= 11 is 0. The number of amides is 1. The number of aryl methyl sites for hydroxylation is 1. The van der Waals surface area contributed by atoms with Gasteiger partial charge in [0.2, 0.25) is 5.95 Å². The molecule has 0 radical (unpaired) electrons. The Morgan fingerprint density at radius 3 is 2.39 bits per heavy atom. The average molecular weight is 574 g/mol. The average Bonchev–Trinajstić information content (AvgIpc) is 2.80. The number of hydrogen-bond acceptors (Lipinski definition) is 6. The molecule has 0 spiro atoms. The standard InChI is InChI=1S/C24H26F3N7O2.2ClH/c1-13-6-11-17-16(12-13)20(30-18-4-2-3-5-19(18)31-22(28)29)33-23(32-17)34-21(35)14-7-9-15(10-8-14)36-24(25,26)27;;/h6-12,18-19H,2-5H2,1H3,(H4,28,29,31)(H2,30,32,33,34,35);2*1H/t18-,19+;;/m0../s1. The van der Waals surface area contributed by atoms with Crippen molar-refractivity contribution in [3.8, 4) is 5.75 Å². The minimum Gasteiger partial charge on any atom is -0.406 e. The molecule has 1 saturated carbocycles. The van der Waals surface area contributed by atoms with Crippen LogP contribution in [0.1, 0.15) is 41.6 Å². The molecule has 0 saturated heterocycles. The predicted molar refractivity (Wildman–Crippen MR) is 145 cm³/mol. The Balaban J connectivity index is 0.00000253. The number of rotatable bonds is 6. The van der Waals surface area contributed by atoms with Gasteiger partial charge >= 0.3 is 6.36 Å². The third-order valence-corrected chi connectivity index (χ3v) is 5.79. The lowest BCUT2D eigenvalue weighted by Gasteiger charge is -2.30. The van der Waals surface area contributed by atoms with Gasteiger partial charge in [-0.2, -0.15) is 4.98 Å². The quantitative estimate of drug-likeness (QED) is 0.242. The van der Waals surface area contributed by atoms with E-state index in [-0.39, 0.29) is 54.4 Å². The molecule has 2 aromatic carbocycles. The second kappa shape index (κ2) is 12.8. The lowest BCUT2D eigenvalue weighted by atomic mass is 9.90. The molecule has 1 aromatic heterocycles. The summed E-state index contributed by atoms with van der Waals surface area (Å²) in [5, 5.41) is 6.84. The molecule has 1 heterocycles. The number of alkyl halides is 3. The van der Waals surface area contributed by atoms with E-state index in [1.165, 1.54) is 12.1 Å². The number of aromatic nitrogens is 2. The van der Waals surface area contributed by atoms with Crippen molar-refractivity contribution in [1.29, 1.82) is 0 Å². The van der Waals surface area contributed by atoms with Crippen LogP contribution in [-0.2, 0) is 0 Å². The summed E-state index contributed by atoms with van der Waals surface area (Å²) in [6.07, 6.45) is -1.13. The van der Waals surface area contributed by atoms with Crippen LogP contribution in [0.5, 0.6) is 5.75 Å². The van der Waals surface area contributed by atoms with Gasteiger partial charge in [-0.15, -0.1) is 38.0 Å². The number of nitrogens with one attached hydrogen (secondary N) is 2. The fourth-order valence-corrected chi connectivity index (χ4v) is 4.19. The van der Waals surface area contributed by atoms with Crippen LogP contribution in [0.3, 0.4) is 0 Å². The monoisotopic (exact) mass is 573 g/mol. The number of ether oxygens (including phenoxy) is 1. The fraction of sp³-hybridized carbons (Fsp3) is 0.333. The first-order chi connectivity index (χ1) is 17.1. The van der Waals surface area contributed by atoms with Gasteiger partial charge in [0.25, 0.3) is 5.91 Å². The zero-order valence-electron chi connectivity index (χ0n) is 20.3. The number of guanidine groups is 1. The maximum Gasteiger partial charge on any atom is 0.573 e. The summed E-state index contributed by atoms with van der Waals surface area (Å²) in [5.74, 6) is -0.413. The van der Waals surface area contributed by atoms with Crippen LogP contribution in [-0.4, -0.2) is 40.3 Å². The maximum atomic E-state index is 12.8. The molecule has 0 aliphatic heterocycles. The van der Waals surface area contributed by atoms with Gasteiger partial charge in [-0.25, -0.2) is 9.98 Å². The van der Waals surface area contributed by atoms with Crippen molar-refractivity contribution in [3.05, 3.63) is 53.6 Å². The van der Waals surface area contributed by atoms with E-state index >= 15 is 0 Å². The van der Waals surface area contributed by atoms with E-state index in [0.717, 1.165) is 48.8 Å². The molecule has 14 heteroatoms. The molecule has 206 valence electrons. The largest absolute Gasteiger partial charge is 0.573 e. The number of nitrogens with two attached hydrogens (primary N) is 2. The van der Waals surface area contributed by atoms with Crippen molar-refractivity contribution >= 4 is 59.3 Å². The molecular formula is C24H28Cl2F3N7O2. The van der Waals surface area contributed by atoms with E-state index in [0.29, 0.717) is 11.3 Å². The van der Waals surface area contributed by atoms with E-state index in [2.05, 4.69) is 30.3 Å². The van der Waals surface area contributed by atoms with E-state index in [1.54, 1.807) is 0 Å². The summed E-state index contributed by atoms with van der Waals surface area (Å²) in [6, 6.07) is 10.1. The third-order valence-electron chi connectivity index (χ3n) is 5.79. The Hall–Kier alpha value is -3.51. The van der Waals surface area contributed by atoms with Crippen LogP contribution < -0.4 is 26.8 Å². The molecule has 1 aliphatic carbocycles. The molecule has 1 aliphatic rings. The van der Waals surface area contributed by atoms with Gasteiger partial charge in [0.05, 0.1) is 17.6 Å². The number of fused-ring (bicyclic) bond motifs is 1. The minimum absolute atomic E-state index is 0. The van der Waals surface area contributed by atoms with Crippen molar-refractivity contribution in [3.63, 3.8) is 0 Å². The highest BCUT2D eigenvalue weighted by molar-refractivity contribution is 6.04. The zero-order chi connectivity index (χ0) is 25.9. The van der Waals surface area contributed by atoms with Gasteiger partial charge < -0.3 is 21.5 Å². The van der Waals surface area contributed by atoms with Gasteiger partial charge in [-0.05, 0) is 56.2 Å². The molecule has 38 heavy (non-hydrogen) atoms. The van der Waals surface area contributed by atoms with Crippen molar-refractivity contribution in [1.82, 2.24) is 9.97 Å².